The van der Waals surface area contributed by atoms with Gasteiger partial charge in [-0.25, -0.2) is 4.39 Å². The Morgan fingerprint density at radius 3 is 2.34 bits per heavy atom. The Labute approximate surface area is 171 Å². The van der Waals surface area contributed by atoms with Crippen LogP contribution in [0.25, 0.3) is 0 Å². The molecule has 4 rings (SSSR count). The van der Waals surface area contributed by atoms with Crippen molar-refractivity contribution in [3.05, 3.63) is 64.5 Å². The highest BCUT2D eigenvalue weighted by Gasteiger charge is 2.23. The van der Waals surface area contributed by atoms with Gasteiger partial charge in [-0.1, -0.05) is 18.2 Å². The van der Waals surface area contributed by atoms with Gasteiger partial charge in [-0.3, -0.25) is 9.59 Å². The topological polar surface area (TPSA) is 40.6 Å². The van der Waals surface area contributed by atoms with E-state index in [4.69, 9.17) is 0 Å². The summed E-state index contributed by atoms with van der Waals surface area (Å²) < 4.78 is 14.4. The first-order valence-electron chi connectivity index (χ1n) is 10.4. The molecule has 0 aromatic heterocycles. The van der Waals surface area contributed by atoms with Crippen LogP contribution in [0.3, 0.4) is 0 Å². The predicted octanol–water partition coefficient (Wildman–Crippen LogP) is 3.80. The van der Waals surface area contributed by atoms with E-state index in [2.05, 4.69) is 18.2 Å². The lowest BCUT2D eigenvalue weighted by Crippen LogP contribution is -2.49. The second kappa shape index (κ2) is 8.36. The first-order chi connectivity index (χ1) is 14.0. The third-order valence-electron chi connectivity index (χ3n) is 6.10. The van der Waals surface area contributed by atoms with Crippen molar-refractivity contribution in [2.45, 2.75) is 39.0 Å². The average Bonchev–Trinajstić information content (AvgIpc) is 2.73. The van der Waals surface area contributed by atoms with Crippen LogP contribution >= 0.6 is 0 Å². The molecule has 2 aromatic rings. The molecule has 0 unspecified atom stereocenters. The maximum Gasteiger partial charge on any atom is 0.227 e. The van der Waals surface area contributed by atoms with E-state index in [9.17, 15) is 14.0 Å². The number of nitrogens with zero attached hydrogens (tertiary/aromatic N) is 2. The first-order valence-corrected chi connectivity index (χ1v) is 10.4. The number of carbonyl (C=O) groups is 2. The number of hydrogen-bond donors (Lipinski definition) is 0. The third-order valence-corrected chi connectivity index (χ3v) is 6.10. The summed E-state index contributed by atoms with van der Waals surface area (Å²) in [5, 5.41) is 0. The number of piperazine rings is 1. The molecule has 0 radical (unpaired) electrons. The van der Waals surface area contributed by atoms with E-state index in [1.165, 1.54) is 37.0 Å². The number of amides is 1. The van der Waals surface area contributed by atoms with Crippen LogP contribution in [0.2, 0.25) is 0 Å². The predicted molar refractivity (Wildman–Crippen MR) is 112 cm³/mol. The van der Waals surface area contributed by atoms with Gasteiger partial charge in [-0.15, -0.1) is 0 Å². The fraction of sp³-hybridized carbons (Fsp3) is 0.417. The minimum Gasteiger partial charge on any atom is -0.366 e. The lowest BCUT2D eigenvalue weighted by molar-refractivity contribution is -0.130. The van der Waals surface area contributed by atoms with E-state index < -0.39 is 0 Å². The van der Waals surface area contributed by atoms with Gasteiger partial charge in [0.15, 0.2) is 5.78 Å². The number of benzene rings is 2. The van der Waals surface area contributed by atoms with Gasteiger partial charge in [0.1, 0.15) is 5.82 Å². The molecule has 1 heterocycles. The van der Waals surface area contributed by atoms with Gasteiger partial charge in [-0.2, -0.15) is 0 Å². The number of rotatable bonds is 4. The number of ketones is 1. The van der Waals surface area contributed by atoms with E-state index in [0.29, 0.717) is 43.9 Å². The zero-order valence-corrected chi connectivity index (χ0v) is 16.9. The Morgan fingerprint density at radius 1 is 0.931 bits per heavy atom. The quantitative estimate of drug-likeness (QED) is 0.741. The minimum absolute atomic E-state index is 0.132. The van der Waals surface area contributed by atoms with E-state index in [1.807, 2.05) is 9.80 Å². The second-order valence-corrected chi connectivity index (χ2v) is 8.08. The maximum absolute atomic E-state index is 14.4. The first kappa shape index (κ1) is 19.6. The van der Waals surface area contributed by atoms with Crippen LogP contribution in [-0.2, 0) is 24.1 Å². The molecule has 152 valence electrons. The van der Waals surface area contributed by atoms with Crippen LogP contribution in [0.4, 0.5) is 10.1 Å². The van der Waals surface area contributed by atoms with Crippen molar-refractivity contribution in [2.75, 3.05) is 31.1 Å². The Hall–Kier alpha value is -2.69. The summed E-state index contributed by atoms with van der Waals surface area (Å²) in [5.41, 5.74) is 4.79. The number of halogens is 1. The maximum atomic E-state index is 14.4. The summed E-state index contributed by atoms with van der Waals surface area (Å²) in [4.78, 5) is 28.0. The van der Waals surface area contributed by atoms with Gasteiger partial charge in [0.05, 0.1) is 12.1 Å². The smallest absolute Gasteiger partial charge is 0.227 e. The zero-order chi connectivity index (χ0) is 20.4. The molecule has 29 heavy (non-hydrogen) atoms. The van der Waals surface area contributed by atoms with Crippen molar-refractivity contribution in [1.29, 1.82) is 0 Å². The van der Waals surface area contributed by atoms with Crippen molar-refractivity contribution in [1.82, 2.24) is 4.90 Å². The summed E-state index contributed by atoms with van der Waals surface area (Å²) in [5.74, 6) is -0.396. The lowest BCUT2D eigenvalue weighted by Gasteiger charge is -2.36. The highest BCUT2D eigenvalue weighted by Crippen LogP contribution is 2.24. The Kier molecular flexibility index (Phi) is 5.65. The average molecular weight is 394 g/mol. The van der Waals surface area contributed by atoms with Crippen molar-refractivity contribution < 1.29 is 14.0 Å². The molecule has 1 fully saturated rings. The standard InChI is InChI=1S/C24H27FN2O2/c1-17(28)20-8-9-23(22(25)16-20)26-10-12-27(13-11-26)24(29)15-18-6-7-19-4-2-3-5-21(19)14-18/h6-9,14,16H,2-5,10-13,15H2,1H3. The second-order valence-electron chi connectivity index (χ2n) is 8.08. The molecule has 1 aliphatic carbocycles. The molecular weight excluding hydrogens is 367 g/mol. The summed E-state index contributed by atoms with van der Waals surface area (Å²) in [6, 6.07) is 11.1. The van der Waals surface area contributed by atoms with Crippen LogP contribution in [0.15, 0.2) is 36.4 Å². The van der Waals surface area contributed by atoms with E-state index in [0.717, 1.165) is 18.4 Å². The molecule has 0 bridgehead atoms. The van der Waals surface area contributed by atoms with E-state index in [-0.39, 0.29) is 17.5 Å². The molecule has 1 amide bonds. The van der Waals surface area contributed by atoms with Crippen molar-refractivity contribution in [3.8, 4) is 0 Å². The summed E-state index contributed by atoms with van der Waals surface area (Å²) in [6.45, 7) is 3.77. The van der Waals surface area contributed by atoms with Crippen LogP contribution < -0.4 is 4.90 Å². The largest absolute Gasteiger partial charge is 0.366 e. The molecule has 4 nitrogen and oxygen atoms in total. The van der Waals surface area contributed by atoms with Crippen LogP contribution in [0.5, 0.6) is 0 Å². The highest BCUT2D eigenvalue weighted by molar-refractivity contribution is 5.94. The molecule has 2 aliphatic rings. The molecule has 0 spiro atoms. The zero-order valence-electron chi connectivity index (χ0n) is 16.9. The SMILES string of the molecule is CC(=O)c1ccc(N2CCN(C(=O)Cc3ccc4c(c3)CCCC4)CC2)c(F)c1. The van der Waals surface area contributed by atoms with Gasteiger partial charge in [0.2, 0.25) is 5.91 Å². The van der Waals surface area contributed by atoms with Gasteiger partial charge in [0.25, 0.3) is 0 Å². The number of fused-ring (bicyclic) bond motifs is 1. The van der Waals surface area contributed by atoms with Gasteiger partial charge >= 0.3 is 0 Å². The third kappa shape index (κ3) is 4.34. The monoisotopic (exact) mass is 394 g/mol. The Morgan fingerprint density at radius 2 is 1.66 bits per heavy atom. The summed E-state index contributed by atoms with van der Waals surface area (Å²) >= 11 is 0. The van der Waals surface area contributed by atoms with Crippen molar-refractivity contribution in [2.24, 2.45) is 0 Å². The summed E-state index contributed by atoms with van der Waals surface area (Å²) in [6.07, 6.45) is 5.18. The Balaban J connectivity index is 1.36. The minimum atomic E-state index is -0.383. The number of carbonyl (C=O) groups excluding carboxylic acids is 2. The lowest BCUT2D eigenvalue weighted by atomic mass is 9.90. The van der Waals surface area contributed by atoms with Crippen molar-refractivity contribution in [3.63, 3.8) is 0 Å². The van der Waals surface area contributed by atoms with Crippen molar-refractivity contribution >= 4 is 17.4 Å². The van der Waals surface area contributed by atoms with Gasteiger partial charge < -0.3 is 9.80 Å². The number of anilines is 1. The number of aryl methyl sites for hydroxylation is 2. The number of Topliss-reactive ketones (excluding diaryl/α,β-unsaturated/α-hetero) is 1. The molecule has 1 saturated heterocycles. The van der Waals surface area contributed by atoms with Crippen LogP contribution in [0, 0.1) is 5.82 Å². The fourth-order valence-corrected chi connectivity index (χ4v) is 4.36. The normalized spacial score (nSPS) is 16.5. The van der Waals surface area contributed by atoms with E-state index >= 15 is 0 Å². The summed E-state index contributed by atoms with van der Waals surface area (Å²) in [7, 11) is 0. The number of hydrogen-bond acceptors (Lipinski definition) is 3. The van der Waals surface area contributed by atoms with Gasteiger partial charge in [0, 0.05) is 31.7 Å². The molecule has 1 aliphatic heterocycles. The van der Waals surface area contributed by atoms with Crippen LogP contribution in [-0.4, -0.2) is 42.8 Å². The van der Waals surface area contributed by atoms with E-state index in [1.54, 1.807) is 12.1 Å². The van der Waals surface area contributed by atoms with Crippen LogP contribution in [0.1, 0.15) is 46.8 Å². The highest BCUT2D eigenvalue weighted by atomic mass is 19.1. The fourth-order valence-electron chi connectivity index (χ4n) is 4.36. The Bertz CT molecular complexity index is 932. The molecule has 0 atom stereocenters. The molecule has 2 aromatic carbocycles. The molecule has 5 heteroatoms. The molecule has 0 saturated carbocycles. The molecular formula is C24H27FN2O2. The molecule has 0 N–H and O–H groups in total. The van der Waals surface area contributed by atoms with Gasteiger partial charge in [-0.05, 0) is 67.5 Å².